The van der Waals surface area contributed by atoms with Crippen LogP contribution < -0.4 is 0 Å². The van der Waals surface area contributed by atoms with Gasteiger partial charge in [0.15, 0.2) is 0 Å². The van der Waals surface area contributed by atoms with E-state index in [0.29, 0.717) is 0 Å². The van der Waals surface area contributed by atoms with Crippen molar-refractivity contribution in [2.75, 3.05) is 6.26 Å². The molecular formula is C10H15NO2S. The van der Waals surface area contributed by atoms with Crippen molar-refractivity contribution >= 4 is 10.0 Å². The summed E-state index contributed by atoms with van der Waals surface area (Å²) in [5.41, 5.74) is -0.00926. The molecule has 14 heavy (non-hydrogen) atoms. The smallest absolute Gasteiger partial charge is 0.212 e. The number of nitrogens with zero attached hydrogens (tertiary/aromatic N) is 1. The van der Waals surface area contributed by atoms with Crippen LogP contribution in [0.3, 0.4) is 0 Å². The molecule has 0 aromatic carbocycles. The van der Waals surface area contributed by atoms with Crippen LogP contribution in [0.1, 0.15) is 32.1 Å². The van der Waals surface area contributed by atoms with Crippen LogP contribution >= 0.6 is 0 Å². The van der Waals surface area contributed by atoms with Crippen molar-refractivity contribution in [2.24, 2.45) is 0 Å². The Morgan fingerprint density at radius 2 is 1.64 bits per heavy atom. The molecule has 1 saturated carbocycles. The number of hydrogen-bond donors (Lipinski definition) is 0. The van der Waals surface area contributed by atoms with E-state index in [-0.39, 0.29) is 11.1 Å². The first-order valence-electron chi connectivity index (χ1n) is 5.19. The molecule has 0 bridgehead atoms. The highest BCUT2D eigenvalue weighted by Crippen LogP contribution is 2.68. The van der Waals surface area contributed by atoms with E-state index in [4.69, 9.17) is 0 Å². The van der Waals surface area contributed by atoms with E-state index in [1.54, 1.807) is 4.31 Å². The molecule has 1 saturated heterocycles. The molecule has 0 amide bonds. The van der Waals surface area contributed by atoms with Crippen LogP contribution in [-0.4, -0.2) is 30.1 Å². The molecule has 2 unspecified atom stereocenters. The zero-order valence-corrected chi connectivity index (χ0v) is 9.18. The average molecular weight is 213 g/mol. The fraction of sp³-hybridized carbons (Fsp3) is 0.800. The summed E-state index contributed by atoms with van der Waals surface area (Å²) in [6.45, 7) is 0. The maximum Gasteiger partial charge on any atom is 0.212 e. The van der Waals surface area contributed by atoms with Crippen molar-refractivity contribution in [2.45, 2.75) is 43.2 Å². The van der Waals surface area contributed by atoms with Crippen LogP contribution in [0.25, 0.3) is 0 Å². The van der Waals surface area contributed by atoms with E-state index in [9.17, 15) is 8.42 Å². The zero-order valence-electron chi connectivity index (χ0n) is 8.36. The Bertz CT molecular complexity index is 392. The van der Waals surface area contributed by atoms with Crippen LogP contribution in [0.4, 0.5) is 0 Å². The molecule has 0 spiro atoms. The summed E-state index contributed by atoms with van der Waals surface area (Å²) < 4.78 is 25.1. The van der Waals surface area contributed by atoms with Gasteiger partial charge in [0.25, 0.3) is 0 Å². The fourth-order valence-electron chi connectivity index (χ4n) is 3.81. The number of piperidine rings is 1. The Hall–Kier alpha value is -0.350. The third-order valence-electron chi connectivity index (χ3n) is 4.18. The molecule has 78 valence electrons. The third kappa shape index (κ3) is 0.762. The predicted molar refractivity (Wildman–Crippen MR) is 54.4 cm³/mol. The van der Waals surface area contributed by atoms with Crippen molar-refractivity contribution in [3.8, 4) is 0 Å². The van der Waals surface area contributed by atoms with Gasteiger partial charge >= 0.3 is 0 Å². The molecule has 0 N–H and O–H groups in total. The maximum atomic E-state index is 11.7. The molecule has 3 nitrogen and oxygen atoms in total. The monoisotopic (exact) mass is 213 g/mol. The quantitative estimate of drug-likeness (QED) is 0.486. The lowest BCUT2D eigenvalue weighted by atomic mass is 9.86. The highest BCUT2D eigenvalue weighted by atomic mass is 32.2. The minimum atomic E-state index is -3.00. The molecular weight excluding hydrogens is 198 g/mol. The Kier molecular flexibility index (Phi) is 1.43. The first-order chi connectivity index (χ1) is 6.53. The number of hydrogen-bond acceptors (Lipinski definition) is 2. The third-order valence-corrected chi connectivity index (χ3v) is 5.55. The zero-order chi connectivity index (χ0) is 10.0. The first-order valence-corrected chi connectivity index (χ1v) is 7.03. The van der Waals surface area contributed by atoms with Gasteiger partial charge in [-0.25, -0.2) is 8.42 Å². The van der Waals surface area contributed by atoms with Crippen molar-refractivity contribution in [1.82, 2.24) is 4.31 Å². The van der Waals surface area contributed by atoms with Gasteiger partial charge in [0.05, 0.1) is 17.3 Å². The molecule has 4 heteroatoms. The van der Waals surface area contributed by atoms with Gasteiger partial charge in [-0.1, -0.05) is 12.2 Å². The lowest BCUT2D eigenvalue weighted by Gasteiger charge is -2.14. The molecule has 1 heterocycles. The average Bonchev–Trinajstić information content (AvgIpc) is 2.51. The van der Waals surface area contributed by atoms with Gasteiger partial charge in [0.1, 0.15) is 0 Å². The summed E-state index contributed by atoms with van der Waals surface area (Å²) in [6, 6.07) is 0. The van der Waals surface area contributed by atoms with Crippen molar-refractivity contribution < 1.29 is 8.42 Å². The predicted octanol–water partition coefficient (Wildman–Crippen LogP) is 1.27. The normalized spacial score (nSPS) is 49.9. The largest absolute Gasteiger partial charge is 0.212 e. The van der Waals surface area contributed by atoms with E-state index < -0.39 is 10.0 Å². The van der Waals surface area contributed by atoms with Crippen molar-refractivity contribution in [3.05, 3.63) is 12.2 Å². The molecule has 2 atom stereocenters. The van der Waals surface area contributed by atoms with E-state index in [1.165, 1.54) is 12.7 Å². The van der Waals surface area contributed by atoms with Crippen LogP contribution in [0, 0.1) is 0 Å². The van der Waals surface area contributed by atoms with Gasteiger partial charge in [-0.05, 0) is 32.1 Å². The SMILES string of the molecule is CS(=O)(=O)N1C23CC=CCC12CCC3. The summed E-state index contributed by atoms with van der Waals surface area (Å²) in [6.07, 6.45) is 10.8. The molecule has 2 fully saturated rings. The van der Waals surface area contributed by atoms with Gasteiger partial charge in [-0.15, -0.1) is 0 Å². The van der Waals surface area contributed by atoms with Gasteiger partial charge in [-0.3, -0.25) is 0 Å². The van der Waals surface area contributed by atoms with Crippen molar-refractivity contribution in [1.29, 1.82) is 0 Å². The highest BCUT2D eigenvalue weighted by molar-refractivity contribution is 7.88. The summed E-state index contributed by atoms with van der Waals surface area (Å²) in [7, 11) is -3.00. The standard InChI is InChI=1S/C10H15NO2S/c1-14(12,13)11-9-5-2-3-6-10(9,11)8-4-7-9/h2-3H,4-8H2,1H3. The Labute approximate surface area is 84.8 Å². The maximum absolute atomic E-state index is 11.7. The lowest BCUT2D eigenvalue weighted by Crippen LogP contribution is -2.22. The van der Waals surface area contributed by atoms with Crippen LogP contribution in [0.5, 0.6) is 0 Å². The summed E-state index contributed by atoms with van der Waals surface area (Å²) in [5.74, 6) is 0. The minimum absolute atomic E-state index is 0.00463. The van der Waals surface area contributed by atoms with E-state index in [1.807, 2.05) is 0 Å². The van der Waals surface area contributed by atoms with E-state index >= 15 is 0 Å². The molecule has 2 aliphatic carbocycles. The van der Waals surface area contributed by atoms with Crippen LogP contribution in [0.2, 0.25) is 0 Å². The van der Waals surface area contributed by atoms with Crippen LogP contribution in [-0.2, 0) is 10.0 Å². The summed E-state index contributed by atoms with van der Waals surface area (Å²) in [5, 5.41) is 0. The van der Waals surface area contributed by atoms with Crippen molar-refractivity contribution in [3.63, 3.8) is 0 Å². The molecule has 0 aromatic heterocycles. The first kappa shape index (κ1) is 8.92. The Morgan fingerprint density at radius 1 is 1.14 bits per heavy atom. The Balaban J connectivity index is 2.09. The lowest BCUT2D eigenvalue weighted by molar-refractivity contribution is 0.447. The number of rotatable bonds is 1. The van der Waals surface area contributed by atoms with Gasteiger partial charge in [0.2, 0.25) is 10.0 Å². The summed E-state index contributed by atoms with van der Waals surface area (Å²) in [4.78, 5) is 0. The van der Waals surface area contributed by atoms with Crippen LogP contribution in [0.15, 0.2) is 12.2 Å². The number of sulfonamides is 1. The van der Waals surface area contributed by atoms with Gasteiger partial charge in [0, 0.05) is 0 Å². The molecule has 1 aliphatic heterocycles. The molecule has 0 aromatic rings. The second-order valence-electron chi connectivity index (χ2n) is 4.82. The fourth-order valence-corrected chi connectivity index (χ4v) is 5.71. The minimum Gasteiger partial charge on any atom is -0.212 e. The summed E-state index contributed by atoms with van der Waals surface area (Å²) >= 11 is 0. The topological polar surface area (TPSA) is 37.1 Å². The van der Waals surface area contributed by atoms with Gasteiger partial charge in [-0.2, -0.15) is 4.31 Å². The molecule has 0 radical (unpaired) electrons. The Morgan fingerprint density at radius 3 is 2.07 bits per heavy atom. The second kappa shape index (κ2) is 2.25. The van der Waals surface area contributed by atoms with E-state index in [2.05, 4.69) is 12.2 Å². The second-order valence-corrected chi connectivity index (χ2v) is 6.65. The molecule has 3 rings (SSSR count). The molecule has 3 aliphatic rings. The highest BCUT2D eigenvalue weighted by Gasteiger charge is 2.79. The van der Waals surface area contributed by atoms with E-state index in [0.717, 1.165) is 25.7 Å². The van der Waals surface area contributed by atoms with Gasteiger partial charge < -0.3 is 0 Å².